The predicted octanol–water partition coefficient (Wildman–Crippen LogP) is 2.97. The Balaban J connectivity index is 1.22. The van der Waals surface area contributed by atoms with E-state index in [9.17, 15) is 10.1 Å². The summed E-state index contributed by atoms with van der Waals surface area (Å²) in [5, 5.41) is 15.1. The van der Waals surface area contributed by atoms with Crippen LogP contribution in [-0.2, 0) is 24.4 Å². The number of carbonyl (C=O) groups excluding carboxylic acids is 1. The fourth-order valence-corrected chi connectivity index (χ4v) is 6.19. The molecule has 2 saturated heterocycles. The van der Waals surface area contributed by atoms with Crippen molar-refractivity contribution in [3.63, 3.8) is 0 Å². The Hall–Kier alpha value is -4.69. The minimum Gasteiger partial charge on any atom is -0.453 e. The molecule has 1 unspecified atom stereocenters. The fourth-order valence-electron chi connectivity index (χ4n) is 6.19. The number of oxazole rings is 1. The molecule has 3 aliphatic rings. The minimum absolute atomic E-state index is 0.0793. The zero-order valence-electron chi connectivity index (χ0n) is 23.5. The van der Waals surface area contributed by atoms with Crippen LogP contribution in [0, 0.1) is 18.3 Å². The van der Waals surface area contributed by atoms with Crippen LogP contribution >= 0.6 is 0 Å². The van der Waals surface area contributed by atoms with Gasteiger partial charge in [0.15, 0.2) is 6.61 Å². The van der Waals surface area contributed by atoms with Crippen molar-refractivity contribution in [2.75, 3.05) is 42.5 Å². The van der Waals surface area contributed by atoms with Crippen molar-refractivity contribution in [2.45, 2.75) is 45.0 Å². The lowest BCUT2D eigenvalue weighted by Crippen LogP contribution is -2.57. The van der Waals surface area contributed by atoms with E-state index in [1.807, 2.05) is 4.90 Å². The van der Waals surface area contributed by atoms with Gasteiger partial charge in [0.25, 0.3) is 0 Å². The molecule has 0 spiro atoms. The van der Waals surface area contributed by atoms with E-state index in [0.717, 1.165) is 30.0 Å². The fraction of sp³-hybridized carbons (Fsp3) is 0.387. The summed E-state index contributed by atoms with van der Waals surface area (Å²) in [5.74, 6) is 1.34. The molecule has 2 atom stereocenters. The molecule has 11 nitrogen and oxygen atoms in total. The molecular formula is C31H32N8O3. The minimum atomic E-state index is -0.209. The summed E-state index contributed by atoms with van der Waals surface area (Å²) < 4.78 is 11.4. The van der Waals surface area contributed by atoms with Crippen molar-refractivity contribution in [3.05, 3.63) is 71.6 Å². The van der Waals surface area contributed by atoms with Gasteiger partial charge in [0, 0.05) is 49.4 Å². The van der Waals surface area contributed by atoms with Gasteiger partial charge in [-0.2, -0.15) is 15.2 Å². The van der Waals surface area contributed by atoms with Crippen LogP contribution in [0.5, 0.6) is 6.01 Å². The highest BCUT2D eigenvalue weighted by atomic mass is 16.5. The number of fused-ring (bicyclic) bond motifs is 2. The summed E-state index contributed by atoms with van der Waals surface area (Å²) >= 11 is 0. The highest BCUT2D eigenvalue weighted by Gasteiger charge is 2.39. The molecule has 214 valence electrons. The Bertz CT molecular complexity index is 1660. The van der Waals surface area contributed by atoms with Gasteiger partial charge in [-0.3, -0.25) is 4.79 Å². The number of amides is 1. The van der Waals surface area contributed by atoms with Crippen molar-refractivity contribution in [1.82, 2.24) is 25.2 Å². The number of rotatable bonds is 7. The summed E-state index contributed by atoms with van der Waals surface area (Å²) in [4.78, 5) is 33.3. The Kier molecular flexibility index (Phi) is 6.83. The third-order valence-corrected chi connectivity index (χ3v) is 8.36. The molecule has 0 radical (unpaired) electrons. The number of carbonyl (C=O) groups is 1. The third kappa shape index (κ3) is 4.99. The lowest BCUT2D eigenvalue weighted by Gasteiger charge is -2.42. The van der Waals surface area contributed by atoms with Gasteiger partial charge in [0.1, 0.15) is 12.1 Å². The molecule has 2 fully saturated rings. The van der Waals surface area contributed by atoms with Gasteiger partial charge in [0.2, 0.25) is 11.8 Å². The molecule has 1 amide bonds. The molecule has 1 N–H and O–H groups in total. The summed E-state index contributed by atoms with van der Waals surface area (Å²) in [6.07, 6.45) is 4.12. The summed E-state index contributed by atoms with van der Waals surface area (Å²) in [5.41, 5.74) is 4.43. The summed E-state index contributed by atoms with van der Waals surface area (Å²) in [7, 11) is 0. The third-order valence-electron chi connectivity index (χ3n) is 8.36. The molecule has 0 saturated carbocycles. The van der Waals surface area contributed by atoms with Crippen molar-refractivity contribution in [3.8, 4) is 12.1 Å². The van der Waals surface area contributed by atoms with Crippen LogP contribution in [0.3, 0.4) is 0 Å². The normalized spacial score (nSPS) is 19.9. The van der Waals surface area contributed by atoms with Crippen LogP contribution in [-0.4, -0.2) is 70.6 Å². The zero-order chi connectivity index (χ0) is 28.6. The molecule has 2 aromatic carbocycles. The first-order valence-electron chi connectivity index (χ1n) is 14.4. The summed E-state index contributed by atoms with van der Waals surface area (Å²) in [6, 6.07) is 15.1. The molecule has 2 aromatic heterocycles. The maximum absolute atomic E-state index is 12.9. The van der Waals surface area contributed by atoms with Crippen molar-refractivity contribution in [2.24, 2.45) is 0 Å². The van der Waals surface area contributed by atoms with Crippen LogP contribution in [0.2, 0.25) is 0 Å². The molecule has 5 heterocycles. The molecule has 7 rings (SSSR count). The summed E-state index contributed by atoms with van der Waals surface area (Å²) in [6.45, 7) is 6.09. The number of nitriles is 1. The van der Waals surface area contributed by atoms with Crippen LogP contribution in [0.4, 0.5) is 11.5 Å². The number of nitrogens with one attached hydrogen (secondary N) is 1. The second-order valence-electron chi connectivity index (χ2n) is 11.0. The standard InChI is InChI=1S/C31H32N8O3/c1-20-4-2-5-21-6-3-7-26(28(20)21)37-12-9-23-25(18-37)35-31(42-19-27-33-11-15-41-27)36-29(23)38-13-14-39(22(17-38)8-10-32)30(40)24-16-34-24/h2-7,11,15,22,24,34H,8-9,12-14,16-19H2,1H3/t22-,24?/m0/s1. The number of hydrogen-bond acceptors (Lipinski definition) is 10. The molecule has 11 heteroatoms. The zero-order valence-corrected chi connectivity index (χ0v) is 23.5. The van der Waals surface area contributed by atoms with E-state index < -0.39 is 0 Å². The van der Waals surface area contributed by atoms with E-state index in [4.69, 9.17) is 19.1 Å². The average molecular weight is 565 g/mol. The van der Waals surface area contributed by atoms with Crippen LogP contribution in [0.1, 0.15) is 29.1 Å². The van der Waals surface area contributed by atoms with E-state index in [1.54, 1.807) is 6.20 Å². The van der Waals surface area contributed by atoms with E-state index in [0.29, 0.717) is 38.6 Å². The second kappa shape index (κ2) is 10.9. The SMILES string of the molecule is Cc1cccc2cccc(N3CCc4c(nc(OCc5ncco5)nc4N4CCN(C(=O)C5CN5)[C@@H](CC#N)C4)C3)c12. The van der Waals surface area contributed by atoms with E-state index in [1.165, 1.54) is 28.3 Å². The Morgan fingerprint density at radius 2 is 2.02 bits per heavy atom. The number of piperazine rings is 1. The largest absolute Gasteiger partial charge is 0.453 e. The Labute approximate surface area is 243 Å². The van der Waals surface area contributed by atoms with E-state index >= 15 is 0 Å². The monoisotopic (exact) mass is 564 g/mol. The van der Waals surface area contributed by atoms with E-state index in [2.05, 4.69) is 69.5 Å². The number of aryl methyl sites for hydroxylation is 1. The quantitative estimate of drug-likeness (QED) is 0.334. The molecular weight excluding hydrogens is 532 g/mol. The van der Waals surface area contributed by atoms with Gasteiger partial charge in [-0.05, 0) is 30.4 Å². The lowest BCUT2D eigenvalue weighted by molar-refractivity contribution is -0.133. The van der Waals surface area contributed by atoms with Gasteiger partial charge in [0.05, 0.1) is 43.0 Å². The lowest BCUT2D eigenvalue weighted by atomic mass is 9.99. The number of anilines is 2. The molecule has 0 bridgehead atoms. The van der Waals surface area contributed by atoms with Crippen molar-refractivity contribution < 1.29 is 13.9 Å². The van der Waals surface area contributed by atoms with Gasteiger partial charge < -0.3 is 29.2 Å². The van der Waals surface area contributed by atoms with Crippen molar-refractivity contribution in [1.29, 1.82) is 5.26 Å². The Morgan fingerprint density at radius 3 is 2.81 bits per heavy atom. The molecule has 0 aliphatic carbocycles. The number of ether oxygens (including phenoxy) is 1. The van der Waals surface area contributed by atoms with Gasteiger partial charge >= 0.3 is 6.01 Å². The molecule has 4 aromatic rings. The average Bonchev–Trinajstić information content (AvgIpc) is 3.74. The van der Waals surface area contributed by atoms with E-state index in [-0.39, 0.29) is 37.0 Å². The number of nitrogens with zero attached hydrogens (tertiary/aromatic N) is 7. The smallest absolute Gasteiger partial charge is 0.319 e. The maximum Gasteiger partial charge on any atom is 0.319 e. The first-order valence-corrected chi connectivity index (χ1v) is 14.4. The second-order valence-corrected chi connectivity index (χ2v) is 11.0. The van der Waals surface area contributed by atoms with Gasteiger partial charge in [-0.1, -0.05) is 30.3 Å². The Morgan fingerprint density at radius 1 is 1.17 bits per heavy atom. The van der Waals surface area contributed by atoms with Crippen LogP contribution in [0.15, 0.2) is 53.3 Å². The predicted molar refractivity (Wildman–Crippen MR) is 156 cm³/mol. The van der Waals surface area contributed by atoms with Gasteiger partial charge in [-0.15, -0.1) is 0 Å². The maximum atomic E-state index is 12.9. The number of hydrogen-bond donors (Lipinski definition) is 1. The highest BCUT2D eigenvalue weighted by molar-refractivity contribution is 5.97. The van der Waals surface area contributed by atoms with Crippen LogP contribution in [0.25, 0.3) is 10.8 Å². The topological polar surface area (TPSA) is 134 Å². The first-order chi connectivity index (χ1) is 20.6. The number of aromatic nitrogens is 3. The van der Waals surface area contributed by atoms with Crippen LogP contribution < -0.4 is 19.9 Å². The van der Waals surface area contributed by atoms with Gasteiger partial charge in [-0.25, -0.2) is 4.98 Å². The highest BCUT2D eigenvalue weighted by Crippen LogP contribution is 2.36. The molecule has 3 aliphatic heterocycles. The number of benzene rings is 2. The molecule has 42 heavy (non-hydrogen) atoms. The van der Waals surface area contributed by atoms with Crippen molar-refractivity contribution >= 4 is 28.2 Å². The first kappa shape index (κ1) is 26.2.